The molecule has 1 aliphatic heterocycles. The molecular formula is C12H15BrClFN2O2S2. The molecular weight excluding hydrogens is 403 g/mol. The van der Waals surface area contributed by atoms with Crippen molar-refractivity contribution < 1.29 is 12.8 Å². The van der Waals surface area contributed by atoms with Crippen molar-refractivity contribution in [2.45, 2.75) is 29.4 Å². The molecule has 4 nitrogen and oxygen atoms in total. The van der Waals surface area contributed by atoms with Crippen LogP contribution in [-0.2, 0) is 10.0 Å². The maximum Gasteiger partial charge on any atom is 0.243 e. The molecule has 1 fully saturated rings. The van der Waals surface area contributed by atoms with E-state index in [-0.39, 0.29) is 27.0 Å². The lowest BCUT2D eigenvalue weighted by Crippen LogP contribution is -2.32. The highest BCUT2D eigenvalue weighted by atomic mass is 79.9. The Labute approximate surface area is 141 Å². The largest absolute Gasteiger partial charge is 0.395 e. The predicted molar refractivity (Wildman–Crippen MR) is 88.8 cm³/mol. The van der Waals surface area contributed by atoms with Gasteiger partial charge >= 0.3 is 0 Å². The standard InChI is InChI=1S/C12H15BrClFN2O2S2/c13-10-8(14)5-9(11(15)12(10)16)21(18,19)17-6-7-3-1-2-4-20-7/h5,7,17H,1-4,6,16H2. The lowest BCUT2D eigenvalue weighted by atomic mass is 10.2. The normalized spacial score (nSPS) is 19.7. The second-order valence-electron chi connectivity index (χ2n) is 4.74. The second kappa shape index (κ2) is 7.04. The molecule has 21 heavy (non-hydrogen) atoms. The first-order valence-corrected chi connectivity index (χ1v) is 10.1. The molecule has 1 heterocycles. The summed E-state index contributed by atoms with van der Waals surface area (Å²) in [4.78, 5) is -0.519. The number of hydrogen-bond acceptors (Lipinski definition) is 4. The van der Waals surface area contributed by atoms with E-state index in [1.807, 2.05) is 0 Å². The third-order valence-corrected chi connectivity index (χ3v) is 7.42. The summed E-state index contributed by atoms with van der Waals surface area (Å²) in [7, 11) is -3.98. The van der Waals surface area contributed by atoms with Crippen LogP contribution in [-0.4, -0.2) is 26.0 Å². The van der Waals surface area contributed by atoms with Crippen LogP contribution < -0.4 is 10.5 Å². The van der Waals surface area contributed by atoms with E-state index in [1.54, 1.807) is 11.8 Å². The van der Waals surface area contributed by atoms with Gasteiger partial charge in [0.15, 0.2) is 5.82 Å². The van der Waals surface area contributed by atoms with E-state index in [0.29, 0.717) is 0 Å². The maximum absolute atomic E-state index is 14.1. The molecule has 1 atom stereocenters. The predicted octanol–water partition coefficient (Wildman–Crippen LogP) is 3.39. The summed E-state index contributed by atoms with van der Waals surface area (Å²) in [5, 5.41) is 0.279. The van der Waals surface area contributed by atoms with Crippen molar-refractivity contribution in [1.29, 1.82) is 0 Å². The van der Waals surface area contributed by atoms with E-state index in [2.05, 4.69) is 20.7 Å². The zero-order chi connectivity index (χ0) is 15.6. The molecule has 2 rings (SSSR count). The van der Waals surface area contributed by atoms with Gasteiger partial charge in [-0.05, 0) is 40.6 Å². The number of nitrogens with two attached hydrogens (primary N) is 1. The number of nitrogens with one attached hydrogen (secondary N) is 1. The average Bonchev–Trinajstić information content (AvgIpc) is 2.48. The Balaban J connectivity index is 2.19. The summed E-state index contributed by atoms with van der Waals surface area (Å²) in [6, 6.07) is 1.06. The zero-order valence-electron chi connectivity index (χ0n) is 11.0. The second-order valence-corrected chi connectivity index (χ2v) is 9.08. The summed E-state index contributed by atoms with van der Waals surface area (Å²) < 4.78 is 41.1. The monoisotopic (exact) mass is 416 g/mol. The van der Waals surface area contributed by atoms with Crippen molar-refractivity contribution in [3.63, 3.8) is 0 Å². The minimum atomic E-state index is -3.98. The SMILES string of the molecule is Nc1c(F)c(S(=O)(=O)NCC2CCCCS2)cc(Cl)c1Br. The van der Waals surface area contributed by atoms with Crippen molar-refractivity contribution >= 4 is 55.0 Å². The van der Waals surface area contributed by atoms with E-state index in [1.165, 1.54) is 0 Å². The molecule has 118 valence electrons. The van der Waals surface area contributed by atoms with Gasteiger partial charge in [-0.25, -0.2) is 17.5 Å². The topological polar surface area (TPSA) is 72.2 Å². The molecule has 1 aromatic rings. The smallest absolute Gasteiger partial charge is 0.243 e. The van der Waals surface area contributed by atoms with Crippen LogP contribution in [0, 0.1) is 5.82 Å². The van der Waals surface area contributed by atoms with Crippen molar-refractivity contribution in [3.8, 4) is 0 Å². The number of benzene rings is 1. The third kappa shape index (κ3) is 4.04. The molecule has 0 amide bonds. The van der Waals surface area contributed by atoms with Crippen LogP contribution in [0.15, 0.2) is 15.4 Å². The van der Waals surface area contributed by atoms with Gasteiger partial charge in [0.2, 0.25) is 10.0 Å². The first-order chi connectivity index (χ1) is 9.83. The fourth-order valence-electron chi connectivity index (χ4n) is 2.04. The van der Waals surface area contributed by atoms with E-state index in [4.69, 9.17) is 17.3 Å². The highest BCUT2D eigenvalue weighted by Crippen LogP contribution is 2.34. The molecule has 1 saturated heterocycles. The van der Waals surface area contributed by atoms with Crippen LogP contribution in [0.1, 0.15) is 19.3 Å². The van der Waals surface area contributed by atoms with E-state index >= 15 is 0 Å². The third-order valence-electron chi connectivity index (χ3n) is 3.22. The number of nitrogen functional groups attached to an aromatic ring is 1. The fourth-order valence-corrected chi connectivity index (χ4v) is 5.15. The molecule has 3 N–H and O–H groups in total. The van der Waals surface area contributed by atoms with Crippen molar-refractivity contribution in [1.82, 2.24) is 4.72 Å². The first-order valence-electron chi connectivity index (χ1n) is 6.37. The van der Waals surface area contributed by atoms with Crippen molar-refractivity contribution in [2.24, 2.45) is 0 Å². The Kier molecular flexibility index (Phi) is 5.81. The summed E-state index contributed by atoms with van der Waals surface area (Å²) in [5.41, 5.74) is 5.21. The van der Waals surface area contributed by atoms with Crippen LogP contribution in [0.4, 0.5) is 10.1 Å². The summed E-state index contributed by atoms with van der Waals surface area (Å²) in [5.74, 6) is 0.0349. The first kappa shape index (κ1) is 17.3. The summed E-state index contributed by atoms with van der Waals surface area (Å²) >= 11 is 10.6. The highest BCUT2D eigenvalue weighted by Gasteiger charge is 2.25. The van der Waals surface area contributed by atoms with Gasteiger partial charge in [-0.1, -0.05) is 18.0 Å². The number of rotatable bonds is 4. The van der Waals surface area contributed by atoms with Gasteiger partial charge in [0.1, 0.15) is 4.90 Å². The molecule has 1 aliphatic rings. The Morgan fingerprint density at radius 2 is 2.24 bits per heavy atom. The van der Waals surface area contributed by atoms with Crippen LogP contribution in [0.3, 0.4) is 0 Å². The van der Waals surface area contributed by atoms with Gasteiger partial charge in [0.05, 0.1) is 15.2 Å². The number of anilines is 1. The fraction of sp³-hybridized carbons (Fsp3) is 0.500. The average molecular weight is 418 g/mol. The summed E-state index contributed by atoms with van der Waals surface area (Å²) in [6.07, 6.45) is 3.20. The highest BCUT2D eigenvalue weighted by molar-refractivity contribution is 9.10. The number of halogens is 3. The van der Waals surface area contributed by atoms with Gasteiger partial charge in [0.25, 0.3) is 0 Å². The van der Waals surface area contributed by atoms with E-state index < -0.39 is 20.7 Å². The maximum atomic E-state index is 14.1. The molecule has 1 unspecified atom stereocenters. The van der Waals surface area contributed by atoms with Gasteiger partial charge in [0, 0.05) is 11.8 Å². The van der Waals surface area contributed by atoms with Crippen molar-refractivity contribution in [2.75, 3.05) is 18.0 Å². The van der Waals surface area contributed by atoms with E-state index in [9.17, 15) is 12.8 Å². The molecule has 0 aromatic heterocycles. The number of sulfonamides is 1. The molecule has 0 saturated carbocycles. The molecule has 0 aliphatic carbocycles. The molecule has 0 radical (unpaired) electrons. The minimum absolute atomic E-state index is 0.0568. The lowest BCUT2D eigenvalue weighted by Gasteiger charge is -2.21. The lowest BCUT2D eigenvalue weighted by molar-refractivity contribution is 0.554. The van der Waals surface area contributed by atoms with Gasteiger partial charge < -0.3 is 5.73 Å². The Bertz CT molecular complexity index is 637. The quantitative estimate of drug-likeness (QED) is 0.582. The Morgan fingerprint density at radius 3 is 2.86 bits per heavy atom. The summed E-state index contributed by atoms with van der Waals surface area (Å²) in [6.45, 7) is 0.278. The van der Waals surface area contributed by atoms with Crippen LogP contribution >= 0.6 is 39.3 Å². The van der Waals surface area contributed by atoms with Gasteiger partial charge in [-0.15, -0.1) is 0 Å². The van der Waals surface area contributed by atoms with Crippen LogP contribution in [0.25, 0.3) is 0 Å². The van der Waals surface area contributed by atoms with Crippen LogP contribution in [0.2, 0.25) is 5.02 Å². The Hall–Kier alpha value is -0.0200. The minimum Gasteiger partial charge on any atom is -0.395 e. The zero-order valence-corrected chi connectivity index (χ0v) is 15.0. The van der Waals surface area contributed by atoms with Gasteiger partial charge in [-0.2, -0.15) is 11.8 Å². The van der Waals surface area contributed by atoms with E-state index in [0.717, 1.165) is 31.1 Å². The van der Waals surface area contributed by atoms with Crippen LogP contribution in [0.5, 0.6) is 0 Å². The molecule has 1 aromatic carbocycles. The molecule has 0 spiro atoms. The molecule has 0 bridgehead atoms. The number of thioether (sulfide) groups is 1. The van der Waals surface area contributed by atoms with Gasteiger partial charge in [-0.3, -0.25) is 0 Å². The number of hydrogen-bond donors (Lipinski definition) is 2. The van der Waals surface area contributed by atoms with Crippen molar-refractivity contribution in [3.05, 3.63) is 21.4 Å². The Morgan fingerprint density at radius 1 is 1.52 bits per heavy atom. The molecule has 9 heteroatoms.